The molecule has 0 saturated carbocycles. The average Bonchev–Trinajstić information content (AvgIpc) is 3.11. The number of fused-ring (bicyclic) bond motifs is 2. The van der Waals surface area contributed by atoms with Crippen LogP contribution in [0.2, 0.25) is 0 Å². The smallest absolute Gasteiger partial charge is 0.162 e. The number of alkyl halides is 1. The van der Waals surface area contributed by atoms with Crippen molar-refractivity contribution < 1.29 is 24.4 Å². The summed E-state index contributed by atoms with van der Waals surface area (Å²) in [7, 11) is 0. The fourth-order valence-electron chi connectivity index (χ4n) is 4.46. The molecule has 0 spiro atoms. The Morgan fingerprint density at radius 1 is 1.25 bits per heavy atom. The summed E-state index contributed by atoms with van der Waals surface area (Å²) in [5, 5.41) is 11.3. The highest BCUT2D eigenvalue weighted by atomic mass is 19.1. The van der Waals surface area contributed by atoms with E-state index in [1.54, 1.807) is 18.2 Å². The third-order valence-corrected chi connectivity index (χ3v) is 5.93. The van der Waals surface area contributed by atoms with Gasteiger partial charge in [0.05, 0.1) is 25.3 Å². The average molecular weight is 447 g/mol. The van der Waals surface area contributed by atoms with Gasteiger partial charge in [-0.2, -0.15) is 0 Å². The number of hydrogen-bond acceptors (Lipinski definition) is 4. The maximum atomic E-state index is 14.7. The summed E-state index contributed by atoms with van der Waals surface area (Å²) >= 11 is 0. The number of nitrogens with zero attached hydrogens (tertiary/aromatic N) is 2. The molecule has 0 amide bonds. The molecule has 0 saturated heterocycles. The van der Waals surface area contributed by atoms with E-state index in [1.165, 1.54) is 18.2 Å². The van der Waals surface area contributed by atoms with Crippen molar-refractivity contribution in [2.24, 2.45) is 0 Å². The van der Waals surface area contributed by atoms with Gasteiger partial charge in [0.15, 0.2) is 6.80 Å². The van der Waals surface area contributed by atoms with Gasteiger partial charge in [0.1, 0.15) is 17.4 Å². The zero-order valence-corrected chi connectivity index (χ0v) is 18.3. The minimum absolute atomic E-state index is 0.0476. The lowest BCUT2D eigenvalue weighted by Gasteiger charge is -2.32. The van der Waals surface area contributed by atoms with Crippen molar-refractivity contribution in [1.82, 2.24) is 4.98 Å². The Hall–Kier alpha value is -2.80. The highest BCUT2D eigenvalue weighted by Gasteiger charge is 2.32. The molecule has 1 aromatic heterocycles. The molecule has 2 unspecified atom stereocenters. The number of anilines is 1. The van der Waals surface area contributed by atoms with E-state index in [-0.39, 0.29) is 18.7 Å². The number of benzene rings is 2. The summed E-state index contributed by atoms with van der Waals surface area (Å²) < 4.78 is 56.5. The number of aryl methyl sites for hydroxylation is 2. The first kappa shape index (κ1) is 21.1. The Bertz CT molecular complexity index is 1190. The number of aliphatic hydroxyl groups is 1. The first-order valence-electron chi connectivity index (χ1n) is 11.1. The van der Waals surface area contributed by atoms with Crippen molar-refractivity contribution in [2.45, 2.75) is 45.1 Å². The molecule has 0 bridgehead atoms. The van der Waals surface area contributed by atoms with E-state index < -0.39 is 36.5 Å². The second-order valence-corrected chi connectivity index (χ2v) is 8.93. The minimum Gasteiger partial charge on any atom is -0.493 e. The largest absolute Gasteiger partial charge is 0.493 e. The van der Waals surface area contributed by atoms with Crippen molar-refractivity contribution in [3.63, 3.8) is 0 Å². The Morgan fingerprint density at radius 2 is 2.03 bits per heavy atom. The van der Waals surface area contributed by atoms with E-state index in [0.717, 1.165) is 10.6 Å². The van der Waals surface area contributed by atoms with E-state index in [4.69, 9.17) is 6.11 Å². The lowest BCUT2D eigenvalue weighted by Crippen LogP contribution is -2.36. The number of halogens is 3. The predicted octanol–water partition coefficient (Wildman–Crippen LogP) is 5.22. The van der Waals surface area contributed by atoms with Crippen molar-refractivity contribution in [1.29, 1.82) is 0 Å². The van der Waals surface area contributed by atoms with E-state index in [2.05, 4.69) is 4.98 Å². The van der Waals surface area contributed by atoms with Crippen LogP contribution in [0.4, 0.5) is 18.9 Å². The molecule has 4 rings (SSSR count). The van der Waals surface area contributed by atoms with Crippen LogP contribution in [0.5, 0.6) is 5.75 Å². The molecule has 0 fully saturated rings. The monoisotopic (exact) mass is 446 g/mol. The fraction of sp³-hybridized carbons (Fsp3) is 0.400. The van der Waals surface area contributed by atoms with Crippen LogP contribution in [-0.4, -0.2) is 36.1 Å². The molecule has 7 heteroatoms. The minimum atomic E-state index is -1.05. The molecular formula is C25H27F3N2O2. The van der Waals surface area contributed by atoms with E-state index in [1.807, 2.05) is 20.8 Å². The van der Waals surface area contributed by atoms with Crippen LogP contribution >= 0.6 is 0 Å². The molecule has 0 radical (unpaired) electrons. The van der Waals surface area contributed by atoms with Crippen LogP contribution in [0.3, 0.4) is 0 Å². The molecule has 2 heterocycles. The van der Waals surface area contributed by atoms with Gasteiger partial charge in [-0.15, -0.1) is 0 Å². The number of hydrogen-bond donors (Lipinski definition) is 1. The Balaban J connectivity index is 1.60. The lowest BCUT2D eigenvalue weighted by molar-refractivity contribution is 0.140. The molecule has 2 aromatic carbocycles. The quantitative estimate of drug-likeness (QED) is 0.506. The standard InChI is InChI=1S/C25H27F3N2O2/c1-15-4-5-19-22(29-15)7-6-21(28)23(19)30(14-26)13-18(31)12-25(2,3)20-11-17(27)10-16-8-9-32-24(16)20/h4-7,10-11,18,31H,8-9,12-14H2,1-3H3/i9T. The maximum absolute atomic E-state index is 14.7. The summed E-state index contributed by atoms with van der Waals surface area (Å²) in [6.07, 6.45) is -0.604. The fourth-order valence-corrected chi connectivity index (χ4v) is 4.46. The van der Waals surface area contributed by atoms with Gasteiger partial charge in [-0.1, -0.05) is 13.8 Å². The van der Waals surface area contributed by atoms with Crippen LogP contribution in [0.15, 0.2) is 36.4 Å². The molecule has 3 aromatic rings. The Labute approximate surface area is 187 Å². The highest BCUT2D eigenvalue weighted by molar-refractivity contribution is 5.92. The predicted molar refractivity (Wildman–Crippen MR) is 119 cm³/mol. The summed E-state index contributed by atoms with van der Waals surface area (Å²) in [6, 6.07) is 8.93. The zero-order chi connectivity index (χ0) is 23.9. The molecule has 170 valence electrons. The third-order valence-electron chi connectivity index (χ3n) is 5.93. The normalized spacial score (nSPS) is 17.1. The summed E-state index contributed by atoms with van der Waals surface area (Å²) in [4.78, 5) is 5.53. The Kier molecular flexibility index (Phi) is 5.67. The number of ether oxygens (including phenoxy) is 1. The van der Waals surface area contributed by atoms with Gasteiger partial charge in [0.2, 0.25) is 0 Å². The van der Waals surface area contributed by atoms with Crippen LogP contribution in [0.1, 0.15) is 38.5 Å². The molecular weight excluding hydrogens is 417 g/mol. The maximum Gasteiger partial charge on any atom is 0.162 e. The topological polar surface area (TPSA) is 45.6 Å². The lowest BCUT2D eigenvalue weighted by atomic mass is 9.78. The van der Waals surface area contributed by atoms with E-state index in [0.29, 0.717) is 34.2 Å². The van der Waals surface area contributed by atoms with Crippen LogP contribution < -0.4 is 9.64 Å². The molecule has 32 heavy (non-hydrogen) atoms. The Morgan fingerprint density at radius 3 is 2.78 bits per heavy atom. The van der Waals surface area contributed by atoms with Crippen molar-refractivity contribution in [3.05, 3.63) is 64.9 Å². The molecule has 1 aliphatic rings. The second-order valence-electron chi connectivity index (χ2n) is 8.93. The van der Waals surface area contributed by atoms with Gasteiger partial charge in [0.25, 0.3) is 0 Å². The summed E-state index contributed by atoms with van der Waals surface area (Å²) in [5.41, 5.74) is 1.78. The van der Waals surface area contributed by atoms with Gasteiger partial charge in [0, 0.05) is 35.2 Å². The number of aromatic nitrogens is 1. The van der Waals surface area contributed by atoms with Crippen molar-refractivity contribution in [3.8, 4) is 5.75 Å². The SMILES string of the molecule is [3H]C1Cc2cc(F)cc(C(C)(C)CC(O)CN(CF)c3c(F)ccc4nc(C)ccc34)c2O1. The van der Waals surface area contributed by atoms with E-state index >= 15 is 0 Å². The van der Waals surface area contributed by atoms with Gasteiger partial charge >= 0.3 is 0 Å². The third kappa shape index (κ3) is 4.26. The van der Waals surface area contributed by atoms with E-state index in [9.17, 15) is 18.3 Å². The zero-order valence-electron chi connectivity index (χ0n) is 19.3. The highest BCUT2D eigenvalue weighted by Crippen LogP contribution is 2.41. The van der Waals surface area contributed by atoms with Crippen LogP contribution in [0.25, 0.3) is 10.9 Å². The number of pyridine rings is 1. The first-order chi connectivity index (χ1) is 15.6. The van der Waals surface area contributed by atoms with Crippen molar-refractivity contribution >= 4 is 16.6 Å². The molecule has 1 aliphatic heterocycles. The molecule has 1 N–H and O–H groups in total. The summed E-state index contributed by atoms with van der Waals surface area (Å²) in [5.74, 6) is -0.567. The van der Waals surface area contributed by atoms with Gasteiger partial charge < -0.3 is 14.7 Å². The number of rotatable bonds is 7. The van der Waals surface area contributed by atoms with Gasteiger partial charge in [-0.25, -0.2) is 13.2 Å². The first-order valence-corrected chi connectivity index (χ1v) is 10.6. The van der Waals surface area contributed by atoms with Crippen LogP contribution in [0, 0.1) is 18.6 Å². The van der Waals surface area contributed by atoms with Crippen molar-refractivity contribution in [2.75, 3.05) is 24.8 Å². The van der Waals surface area contributed by atoms with Gasteiger partial charge in [-0.05, 0) is 55.2 Å². The van der Waals surface area contributed by atoms with Crippen LogP contribution in [-0.2, 0) is 11.8 Å². The van der Waals surface area contributed by atoms with Gasteiger partial charge in [-0.3, -0.25) is 4.98 Å². The molecule has 4 nitrogen and oxygen atoms in total. The number of aliphatic hydroxyl groups excluding tert-OH is 1. The molecule has 2 atom stereocenters. The second kappa shape index (κ2) is 8.62. The molecule has 0 aliphatic carbocycles. The summed E-state index contributed by atoms with van der Waals surface area (Å²) in [6.45, 7) is 3.52.